The van der Waals surface area contributed by atoms with Crippen LogP contribution in [0, 0.1) is 5.41 Å². The number of anilines is 2. The molecule has 0 bridgehead atoms. The highest BCUT2D eigenvalue weighted by Gasteiger charge is 2.28. The van der Waals surface area contributed by atoms with Crippen molar-refractivity contribution in [2.75, 3.05) is 30.8 Å². The van der Waals surface area contributed by atoms with Gasteiger partial charge in [0.25, 0.3) is 5.91 Å². The summed E-state index contributed by atoms with van der Waals surface area (Å²) in [5, 5.41) is 12.8. The number of nitrogens with zero attached hydrogens (tertiary/aromatic N) is 2. The normalized spacial score (nSPS) is 13.0. The zero-order chi connectivity index (χ0) is 16.2. The van der Waals surface area contributed by atoms with Crippen molar-refractivity contribution in [3.05, 3.63) is 4.88 Å². The molecule has 0 aromatic carbocycles. The summed E-state index contributed by atoms with van der Waals surface area (Å²) in [7, 11) is 1.91. The molecule has 0 spiro atoms. The standard InChI is InChI=1S/C14H26N4O2S/c1-6-18(5)13-17-11(15)10(21-13)12(20)16-9(7-8-19)14(2,3)4/h9,19H,6-8,15H2,1-5H3,(H,16,20). The molecule has 0 saturated carbocycles. The zero-order valence-electron chi connectivity index (χ0n) is 13.4. The van der Waals surface area contributed by atoms with Crippen molar-refractivity contribution < 1.29 is 9.90 Å². The monoisotopic (exact) mass is 314 g/mol. The van der Waals surface area contributed by atoms with Gasteiger partial charge in [0.15, 0.2) is 5.13 Å². The van der Waals surface area contributed by atoms with Gasteiger partial charge >= 0.3 is 0 Å². The van der Waals surface area contributed by atoms with Crippen LogP contribution in [0.1, 0.15) is 43.8 Å². The Morgan fingerprint density at radius 1 is 1.52 bits per heavy atom. The van der Waals surface area contributed by atoms with Crippen LogP contribution >= 0.6 is 11.3 Å². The van der Waals surface area contributed by atoms with E-state index in [9.17, 15) is 4.79 Å². The molecular weight excluding hydrogens is 288 g/mol. The van der Waals surface area contributed by atoms with Crippen LogP contribution in [0.25, 0.3) is 0 Å². The number of nitrogen functional groups attached to an aromatic ring is 1. The van der Waals surface area contributed by atoms with Crippen molar-refractivity contribution in [3.8, 4) is 0 Å². The number of rotatable bonds is 6. The third-order valence-electron chi connectivity index (χ3n) is 3.42. The number of nitrogens with two attached hydrogens (primary N) is 1. The Morgan fingerprint density at radius 2 is 2.14 bits per heavy atom. The summed E-state index contributed by atoms with van der Waals surface area (Å²) >= 11 is 1.29. The summed E-state index contributed by atoms with van der Waals surface area (Å²) in [5.74, 6) is 0.0265. The summed E-state index contributed by atoms with van der Waals surface area (Å²) in [4.78, 5) is 19.0. The molecular formula is C14H26N4O2S. The average Bonchev–Trinajstić information content (AvgIpc) is 2.78. The van der Waals surface area contributed by atoms with E-state index in [0.29, 0.717) is 11.3 Å². The van der Waals surface area contributed by atoms with Gasteiger partial charge in [-0.3, -0.25) is 4.79 Å². The Bertz CT molecular complexity index is 482. The van der Waals surface area contributed by atoms with Crippen molar-refractivity contribution in [1.29, 1.82) is 0 Å². The van der Waals surface area contributed by atoms with Gasteiger partial charge in [-0.25, -0.2) is 4.98 Å². The maximum atomic E-state index is 12.4. The second kappa shape index (κ2) is 7.09. The van der Waals surface area contributed by atoms with Gasteiger partial charge in [0, 0.05) is 26.2 Å². The molecule has 120 valence electrons. The summed E-state index contributed by atoms with van der Waals surface area (Å²) in [6, 6.07) is -0.121. The molecule has 1 rings (SSSR count). The predicted octanol–water partition coefficient (Wildman–Crippen LogP) is 1.71. The van der Waals surface area contributed by atoms with E-state index in [0.717, 1.165) is 11.7 Å². The summed E-state index contributed by atoms with van der Waals surface area (Å²) in [6.07, 6.45) is 0.510. The Kier molecular flexibility index (Phi) is 5.98. The summed E-state index contributed by atoms with van der Waals surface area (Å²) in [6.45, 7) is 8.92. The van der Waals surface area contributed by atoms with E-state index in [1.54, 1.807) is 0 Å². The van der Waals surface area contributed by atoms with E-state index in [1.807, 2.05) is 39.6 Å². The Labute approximate surface area is 130 Å². The topological polar surface area (TPSA) is 91.5 Å². The van der Waals surface area contributed by atoms with Crippen molar-refractivity contribution in [3.63, 3.8) is 0 Å². The van der Waals surface area contributed by atoms with Gasteiger partial charge in [-0.05, 0) is 18.8 Å². The molecule has 0 aliphatic carbocycles. The van der Waals surface area contributed by atoms with Crippen molar-refractivity contribution >= 4 is 28.2 Å². The molecule has 1 heterocycles. The maximum Gasteiger partial charge on any atom is 0.265 e. The van der Waals surface area contributed by atoms with E-state index in [2.05, 4.69) is 10.3 Å². The van der Waals surface area contributed by atoms with E-state index >= 15 is 0 Å². The lowest BCUT2D eigenvalue weighted by Crippen LogP contribution is -2.44. The van der Waals surface area contributed by atoms with Crippen LogP contribution in [-0.2, 0) is 0 Å². The van der Waals surface area contributed by atoms with Gasteiger partial charge in [-0.2, -0.15) is 0 Å². The lowest BCUT2D eigenvalue weighted by Gasteiger charge is -2.30. The largest absolute Gasteiger partial charge is 0.396 e. The lowest BCUT2D eigenvalue weighted by molar-refractivity contribution is 0.0890. The smallest absolute Gasteiger partial charge is 0.265 e. The highest BCUT2D eigenvalue weighted by atomic mass is 32.1. The van der Waals surface area contributed by atoms with Crippen LogP contribution in [0.15, 0.2) is 0 Å². The van der Waals surface area contributed by atoms with Gasteiger partial charge in [0.2, 0.25) is 0 Å². The first-order valence-corrected chi connectivity index (χ1v) is 7.91. The van der Waals surface area contributed by atoms with E-state index in [4.69, 9.17) is 10.8 Å². The molecule has 1 atom stereocenters. The predicted molar refractivity (Wildman–Crippen MR) is 87.9 cm³/mol. The molecule has 7 heteroatoms. The van der Waals surface area contributed by atoms with Crippen LogP contribution < -0.4 is 16.0 Å². The van der Waals surface area contributed by atoms with Crippen LogP contribution in [0.3, 0.4) is 0 Å². The molecule has 1 amide bonds. The zero-order valence-corrected chi connectivity index (χ0v) is 14.3. The second-order valence-electron chi connectivity index (χ2n) is 6.13. The first-order valence-electron chi connectivity index (χ1n) is 7.09. The molecule has 6 nitrogen and oxygen atoms in total. The molecule has 0 aliphatic heterocycles. The molecule has 0 fully saturated rings. The highest BCUT2D eigenvalue weighted by molar-refractivity contribution is 7.18. The number of amides is 1. The third kappa shape index (κ3) is 4.57. The number of carbonyl (C=O) groups excluding carboxylic acids is 1. The lowest BCUT2D eigenvalue weighted by atomic mass is 9.85. The number of aliphatic hydroxyl groups excluding tert-OH is 1. The number of aliphatic hydroxyl groups is 1. The molecule has 4 N–H and O–H groups in total. The highest BCUT2D eigenvalue weighted by Crippen LogP contribution is 2.28. The van der Waals surface area contributed by atoms with Crippen molar-refractivity contribution in [2.45, 2.75) is 40.2 Å². The van der Waals surface area contributed by atoms with E-state index in [1.165, 1.54) is 11.3 Å². The summed E-state index contributed by atoms with van der Waals surface area (Å²) in [5.41, 5.74) is 5.72. The molecule has 21 heavy (non-hydrogen) atoms. The minimum atomic E-state index is -0.228. The Morgan fingerprint density at radius 3 is 2.62 bits per heavy atom. The van der Waals surface area contributed by atoms with Gasteiger partial charge in [-0.1, -0.05) is 32.1 Å². The van der Waals surface area contributed by atoms with Crippen LogP contribution in [0.2, 0.25) is 0 Å². The fourth-order valence-corrected chi connectivity index (χ4v) is 2.77. The summed E-state index contributed by atoms with van der Waals surface area (Å²) < 4.78 is 0. The van der Waals surface area contributed by atoms with Crippen LogP contribution in [0.4, 0.5) is 10.9 Å². The van der Waals surface area contributed by atoms with Gasteiger partial charge in [-0.15, -0.1) is 0 Å². The second-order valence-corrected chi connectivity index (χ2v) is 7.11. The fourth-order valence-electron chi connectivity index (χ4n) is 1.86. The minimum Gasteiger partial charge on any atom is -0.396 e. The number of aromatic nitrogens is 1. The van der Waals surface area contributed by atoms with E-state index in [-0.39, 0.29) is 29.8 Å². The van der Waals surface area contributed by atoms with Crippen molar-refractivity contribution in [2.24, 2.45) is 5.41 Å². The number of hydrogen-bond acceptors (Lipinski definition) is 6. The number of nitrogens with one attached hydrogen (secondary N) is 1. The first-order chi connectivity index (χ1) is 9.70. The minimum absolute atomic E-state index is 0.0320. The molecule has 0 aliphatic rings. The molecule has 1 unspecified atom stereocenters. The molecule has 0 radical (unpaired) electrons. The molecule has 0 saturated heterocycles. The number of carbonyl (C=O) groups is 1. The quantitative estimate of drug-likeness (QED) is 0.743. The molecule has 1 aromatic rings. The first kappa shape index (κ1) is 17.7. The SMILES string of the molecule is CCN(C)c1nc(N)c(C(=O)NC(CCO)C(C)(C)C)s1. The maximum absolute atomic E-state index is 12.4. The number of hydrogen-bond donors (Lipinski definition) is 3. The Hall–Kier alpha value is -1.34. The van der Waals surface area contributed by atoms with Gasteiger partial charge in [0.1, 0.15) is 10.7 Å². The Balaban J connectivity index is 2.90. The number of thiazole rings is 1. The fraction of sp³-hybridized carbons (Fsp3) is 0.714. The van der Waals surface area contributed by atoms with Crippen LogP contribution in [0.5, 0.6) is 0 Å². The average molecular weight is 314 g/mol. The van der Waals surface area contributed by atoms with Gasteiger partial charge < -0.3 is 21.1 Å². The third-order valence-corrected chi connectivity index (χ3v) is 4.60. The van der Waals surface area contributed by atoms with E-state index < -0.39 is 0 Å². The molecule has 1 aromatic heterocycles. The van der Waals surface area contributed by atoms with Crippen molar-refractivity contribution in [1.82, 2.24) is 10.3 Å². The van der Waals surface area contributed by atoms with Gasteiger partial charge in [0.05, 0.1) is 0 Å². The van der Waals surface area contributed by atoms with Crippen LogP contribution in [-0.4, -0.2) is 42.2 Å².